The molecule has 0 aliphatic carbocycles. The van der Waals surface area contributed by atoms with E-state index < -0.39 is 11.0 Å². The Morgan fingerprint density at radius 1 is 1.00 bits per heavy atom. The summed E-state index contributed by atoms with van der Waals surface area (Å²) in [4.78, 5) is 8.12. The van der Waals surface area contributed by atoms with Crippen LogP contribution in [0.5, 0.6) is 0 Å². The summed E-state index contributed by atoms with van der Waals surface area (Å²) in [7, 11) is -1.26. The lowest BCUT2D eigenvalue weighted by Crippen LogP contribution is -2.19. The predicted molar refractivity (Wildman–Crippen MR) is 130 cm³/mol. The molecule has 0 radical (unpaired) electrons. The van der Waals surface area contributed by atoms with E-state index in [1.165, 1.54) is 0 Å². The van der Waals surface area contributed by atoms with Crippen LogP contribution in [0.2, 0.25) is 0 Å². The van der Waals surface area contributed by atoms with Gasteiger partial charge < -0.3 is 5.48 Å². The molecule has 32 heavy (non-hydrogen) atoms. The highest BCUT2D eigenvalue weighted by atomic mass is 32.2. The van der Waals surface area contributed by atoms with Gasteiger partial charge in [-0.3, -0.25) is 4.98 Å². The first-order valence-corrected chi connectivity index (χ1v) is 11.5. The smallest absolute Gasteiger partial charge is 0.125 e. The van der Waals surface area contributed by atoms with Gasteiger partial charge in [0.25, 0.3) is 0 Å². The van der Waals surface area contributed by atoms with E-state index >= 15 is 0 Å². The molecule has 0 saturated heterocycles. The molecule has 6 nitrogen and oxygen atoms in total. The van der Waals surface area contributed by atoms with E-state index in [1.807, 2.05) is 72.9 Å². The molecule has 2 aromatic carbocycles. The van der Waals surface area contributed by atoms with Crippen molar-refractivity contribution in [1.82, 2.24) is 9.71 Å². The molecule has 1 unspecified atom stereocenters. The summed E-state index contributed by atoms with van der Waals surface area (Å²) in [5.41, 5.74) is 4.01. The Labute approximate surface area is 192 Å². The van der Waals surface area contributed by atoms with Gasteiger partial charge in [-0.2, -0.15) is 6.57 Å². The van der Waals surface area contributed by atoms with E-state index in [1.54, 1.807) is 6.20 Å². The van der Waals surface area contributed by atoms with Crippen LogP contribution in [0.3, 0.4) is 0 Å². The molecule has 0 spiro atoms. The number of hydrogen-bond donors (Lipinski definition) is 1. The lowest BCUT2D eigenvalue weighted by molar-refractivity contribution is 0.652. The van der Waals surface area contributed by atoms with E-state index in [4.69, 9.17) is 6.57 Å². The molecule has 1 aromatic heterocycles. The third-order valence-corrected chi connectivity index (χ3v) is 6.09. The van der Waals surface area contributed by atoms with Gasteiger partial charge in [-0.1, -0.05) is 61.0 Å². The number of nitrogens with one attached hydrogen (secondary N) is 1. The molecular weight excluding hydrogens is 420 g/mol. The molecule has 0 saturated carbocycles. The topological polar surface area (TPSA) is 90.2 Å². The van der Waals surface area contributed by atoms with Gasteiger partial charge in [0, 0.05) is 25.4 Å². The van der Waals surface area contributed by atoms with E-state index in [-0.39, 0.29) is 5.48 Å². The average molecular weight is 449 g/mol. The maximum Gasteiger partial charge on any atom is 0.125 e. The lowest BCUT2D eigenvalue weighted by atomic mass is 10.0. The van der Waals surface area contributed by atoms with Crippen molar-refractivity contribution < 1.29 is 9.69 Å². The fourth-order valence-corrected chi connectivity index (χ4v) is 4.41. The van der Waals surface area contributed by atoms with Crippen LogP contribution < -0.4 is 4.72 Å². The largest absolute Gasteiger partial charge is 0.412 e. The standard InChI is InChI=1S/C25H26N4OS.H2O/c1-26-29-23(19-21-11-10-17-27-20-21)14-6-3-9-18-28-31(30)25-16-8-7-15-24(25)22-12-4-2-5-13-22;/h2,4-5,7-8,10-13,15-17,20,28H,3,6,9,14,18-19H2;1H2/b29-23+;. The Balaban J connectivity index is 0.00000363. The minimum absolute atomic E-state index is 0. The molecule has 166 valence electrons. The van der Waals surface area contributed by atoms with Crippen molar-refractivity contribution >= 4 is 16.7 Å². The fourth-order valence-electron chi connectivity index (χ4n) is 3.34. The zero-order chi connectivity index (χ0) is 21.7. The third-order valence-electron chi connectivity index (χ3n) is 4.87. The Morgan fingerprint density at radius 3 is 2.53 bits per heavy atom. The molecule has 0 aliphatic heterocycles. The Bertz CT molecular complexity index is 1050. The first-order chi connectivity index (χ1) is 15.3. The zero-order valence-electron chi connectivity index (χ0n) is 17.9. The highest BCUT2D eigenvalue weighted by Gasteiger charge is 2.10. The van der Waals surface area contributed by atoms with Gasteiger partial charge in [-0.15, -0.1) is 4.95 Å². The normalized spacial score (nSPS) is 11.9. The number of hydrogen-bond acceptors (Lipinski definition) is 3. The second-order valence-electron chi connectivity index (χ2n) is 7.14. The maximum atomic E-state index is 12.8. The Morgan fingerprint density at radius 2 is 1.78 bits per heavy atom. The first kappa shape index (κ1) is 25.1. The van der Waals surface area contributed by atoms with Crippen LogP contribution in [-0.2, 0) is 17.4 Å². The minimum atomic E-state index is -1.26. The van der Waals surface area contributed by atoms with Crippen LogP contribution in [0.4, 0.5) is 0 Å². The van der Waals surface area contributed by atoms with Crippen molar-refractivity contribution in [3.8, 4) is 11.1 Å². The number of rotatable bonds is 11. The van der Waals surface area contributed by atoms with Crippen molar-refractivity contribution in [2.24, 2.45) is 5.10 Å². The van der Waals surface area contributed by atoms with Gasteiger partial charge in [0.1, 0.15) is 16.7 Å². The second-order valence-corrected chi connectivity index (χ2v) is 8.41. The summed E-state index contributed by atoms with van der Waals surface area (Å²) in [6.45, 7) is 7.71. The molecule has 3 N–H and O–H groups in total. The van der Waals surface area contributed by atoms with Gasteiger partial charge in [0.2, 0.25) is 0 Å². The molecule has 3 rings (SSSR count). The first-order valence-electron chi connectivity index (χ1n) is 10.4. The third kappa shape index (κ3) is 7.82. The van der Waals surface area contributed by atoms with Gasteiger partial charge in [-0.05, 0) is 48.1 Å². The zero-order valence-corrected chi connectivity index (χ0v) is 18.7. The highest BCUT2D eigenvalue weighted by molar-refractivity contribution is 7.83. The monoisotopic (exact) mass is 448 g/mol. The van der Waals surface area contributed by atoms with Gasteiger partial charge in [0.15, 0.2) is 0 Å². The maximum absolute atomic E-state index is 12.8. The van der Waals surface area contributed by atoms with E-state index in [0.29, 0.717) is 13.0 Å². The van der Waals surface area contributed by atoms with Crippen LogP contribution >= 0.6 is 0 Å². The minimum Gasteiger partial charge on any atom is -0.412 e. The van der Waals surface area contributed by atoms with Crippen molar-refractivity contribution in [2.45, 2.75) is 37.0 Å². The molecule has 0 fully saturated rings. The number of benzene rings is 2. The highest BCUT2D eigenvalue weighted by Crippen LogP contribution is 2.25. The van der Waals surface area contributed by atoms with Crippen LogP contribution in [-0.4, -0.2) is 26.9 Å². The SMILES string of the molecule is O.[C-]#[N+]/N=C(\CCCCCNS(=O)c1ccccc1-c1ccccc1)Cc1cccnc1. The molecule has 0 bridgehead atoms. The summed E-state index contributed by atoms with van der Waals surface area (Å²) in [6, 6.07) is 21.7. The number of unbranched alkanes of at least 4 members (excludes halogenated alkanes) is 2. The predicted octanol–water partition coefficient (Wildman–Crippen LogP) is 4.61. The summed E-state index contributed by atoms with van der Waals surface area (Å²) >= 11 is 0. The molecule has 1 atom stereocenters. The summed E-state index contributed by atoms with van der Waals surface area (Å²) in [5.74, 6) is 0. The van der Waals surface area contributed by atoms with Crippen molar-refractivity contribution in [3.63, 3.8) is 0 Å². The molecule has 0 amide bonds. The van der Waals surface area contributed by atoms with Gasteiger partial charge in [0.05, 0.1) is 10.00 Å². The summed E-state index contributed by atoms with van der Waals surface area (Å²) in [5, 5.41) is 3.96. The van der Waals surface area contributed by atoms with Crippen LogP contribution in [0.15, 0.2) is 89.1 Å². The van der Waals surface area contributed by atoms with Crippen molar-refractivity contribution in [2.75, 3.05) is 6.54 Å². The second kappa shape index (κ2) is 14.0. The molecular formula is C25H28N4O2S. The van der Waals surface area contributed by atoms with Crippen molar-refractivity contribution in [3.05, 3.63) is 96.2 Å². The van der Waals surface area contributed by atoms with Crippen LogP contribution in [0.1, 0.15) is 31.2 Å². The number of pyridine rings is 1. The van der Waals surface area contributed by atoms with E-state index in [2.05, 4.69) is 19.8 Å². The molecule has 0 aliphatic rings. The van der Waals surface area contributed by atoms with E-state index in [0.717, 1.165) is 53.0 Å². The summed E-state index contributed by atoms with van der Waals surface area (Å²) < 4.78 is 16.0. The molecule has 3 aromatic rings. The molecule has 1 heterocycles. The van der Waals surface area contributed by atoms with Crippen molar-refractivity contribution in [1.29, 1.82) is 0 Å². The van der Waals surface area contributed by atoms with Gasteiger partial charge in [-0.25, -0.2) is 8.93 Å². The fraction of sp³-hybridized carbons (Fsp3) is 0.240. The van der Waals surface area contributed by atoms with Crippen LogP contribution in [0, 0.1) is 6.57 Å². The lowest BCUT2D eigenvalue weighted by Gasteiger charge is -2.10. The summed E-state index contributed by atoms with van der Waals surface area (Å²) in [6.07, 6.45) is 7.85. The quantitative estimate of drug-likeness (QED) is 0.201. The number of nitrogens with zero attached hydrogens (tertiary/aromatic N) is 3. The Hall–Kier alpha value is -3.18. The average Bonchev–Trinajstić information content (AvgIpc) is 2.82. The molecule has 7 heteroatoms. The Kier molecular flexibility index (Phi) is 11.0. The van der Waals surface area contributed by atoms with Crippen LogP contribution in [0.25, 0.3) is 16.1 Å². The van der Waals surface area contributed by atoms with Gasteiger partial charge >= 0.3 is 0 Å². The number of aromatic nitrogens is 1. The van der Waals surface area contributed by atoms with E-state index in [9.17, 15) is 4.21 Å².